The van der Waals surface area contributed by atoms with Gasteiger partial charge in [-0.2, -0.15) is 0 Å². The molecule has 1 amide bonds. The molecule has 0 bridgehead atoms. The molecule has 0 aliphatic heterocycles. The molecule has 0 atom stereocenters. The number of nitro groups is 2. The van der Waals surface area contributed by atoms with Crippen LogP contribution in [0.3, 0.4) is 0 Å². The van der Waals surface area contributed by atoms with Crippen molar-refractivity contribution in [1.82, 2.24) is 9.88 Å². The number of benzene rings is 2. The predicted octanol–water partition coefficient (Wildman–Crippen LogP) is 4.10. The number of carbonyl (C=O) groups is 1. The van der Waals surface area contributed by atoms with Crippen LogP contribution in [0.4, 0.5) is 16.5 Å². The van der Waals surface area contributed by atoms with E-state index in [1.807, 2.05) is 38.1 Å². The summed E-state index contributed by atoms with van der Waals surface area (Å²) < 4.78 is 0.892. The number of para-hydroxylation sites is 1. The van der Waals surface area contributed by atoms with Gasteiger partial charge in [0.15, 0.2) is 5.13 Å². The van der Waals surface area contributed by atoms with Gasteiger partial charge in [-0.05, 0) is 25.2 Å². The molecule has 0 unspecified atom stereocenters. The van der Waals surface area contributed by atoms with E-state index in [1.54, 1.807) is 0 Å². The number of likely N-dealkylation sites (N-methyl/N-ethyl adjacent to an activating group) is 1. The van der Waals surface area contributed by atoms with Crippen LogP contribution >= 0.6 is 11.3 Å². The first-order chi connectivity index (χ1) is 14.8. The van der Waals surface area contributed by atoms with Gasteiger partial charge in [-0.1, -0.05) is 37.3 Å². The number of non-ortho nitro benzene ring substituents is 2. The number of hydrogen-bond donors (Lipinski definition) is 0. The Morgan fingerprint density at radius 2 is 1.61 bits per heavy atom. The Hall–Kier alpha value is -3.44. The van der Waals surface area contributed by atoms with Gasteiger partial charge in [-0.3, -0.25) is 29.9 Å². The SMILES string of the molecule is CCN(CC)CCN(C(=O)c1cc([N+](=O)[O-])cc([N+](=O)[O-])c1)c1nc2ccccc2s1. The average molecular weight is 443 g/mol. The summed E-state index contributed by atoms with van der Waals surface area (Å²) in [7, 11) is 0. The molecule has 0 spiro atoms. The number of nitro benzene ring substituents is 2. The zero-order valence-electron chi connectivity index (χ0n) is 17.1. The second-order valence-electron chi connectivity index (χ2n) is 6.70. The first kappa shape index (κ1) is 22.2. The van der Waals surface area contributed by atoms with Gasteiger partial charge in [0.1, 0.15) is 0 Å². The normalized spacial score (nSPS) is 11.1. The Balaban J connectivity index is 2.04. The molecule has 0 saturated carbocycles. The molecule has 3 aromatic rings. The second-order valence-corrected chi connectivity index (χ2v) is 7.71. The maximum atomic E-state index is 13.4. The summed E-state index contributed by atoms with van der Waals surface area (Å²) in [6.45, 7) is 6.46. The van der Waals surface area contributed by atoms with E-state index in [9.17, 15) is 25.0 Å². The predicted molar refractivity (Wildman–Crippen MR) is 119 cm³/mol. The molecule has 3 rings (SSSR count). The van der Waals surface area contributed by atoms with Crippen molar-refractivity contribution >= 4 is 44.0 Å². The van der Waals surface area contributed by atoms with Crippen molar-refractivity contribution in [1.29, 1.82) is 0 Å². The highest BCUT2D eigenvalue weighted by molar-refractivity contribution is 7.22. The molecule has 0 N–H and O–H groups in total. The van der Waals surface area contributed by atoms with E-state index in [1.165, 1.54) is 16.2 Å². The Labute approximate surface area is 182 Å². The average Bonchev–Trinajstić information content (AvgIpc) is 3.19. The quantitative estimate of drug-likeness (QED) is 0.360. The number of nitrogens with zero attached hydrogens (tertiary/aromatic N) is 5. The Morgan fingerprint density at radius 1 is 1.00 bits per heavy atom. The number of carbonyl (C=O) groups excluding carboxylic acids is 1. The minimum Gasteiger partial charge on any atom is -0.302 e. The molecule has 11 heteroatoms. The molecule has 2 aromatic carbocycles. The lowest BCUT2D eigenvalue weighted by atomic mass is 10.1. The molecule has 0 radical (unpaired) electrons. The molecule has 0 aliphatic rings. The van der Waals surface area contributed by atoms with Crippen molar-refractivity contribution in [3.63, 3.8) is 0 Å². The van der Waals surface area contributed by atoms with Crippen molar-refractivity contribution in [3.05, 3.63) is 68.3 Å². The van der Waals surface area contributed by atoms with Crippen LogP contribution in [-0.2, 0) is 0 Å². The zero-order chi connectivity index (χ0) is 22.5. The van der Waals surface area contributed by atoms with Crippen molar-refractivity contribution < 1.29 is 14.6 Å². The minimum absolute atomic E-state index is 0.125. The molecule has 31 heavy (non-hydrogen) atoms. The second kappa shape index (κ2) is 9.58. The number of thiazole rings is 1. The van der Waals surface area contributed by atoms with Crippen LogP contribution in [0.25, 0.3) is 10.2 Å². The number of amides is 1. The van der Waals surface area contributed by atoms with Crippen molar-refractivity contribution in [2.45, 2.75) is 13.8 Å². The maximum Gasteiger partial charge on any atom is 0.277 e. The van der Waals surface area contributed by atoms with Gasteiger partial charge in [0.2, 0.25) is 0 Å². The Kier molecular flexibility index (Phi) is 6.88. The fraction of sp³-hybridized carbons (Fsp3) is 0.300. The number of rotatable bonds is 9. The van der Waals surface area contributed by atoms with Crippen LogP contribution in [-0.4, -0.2) is 51.8 Å². The standard InChI is InChI=1S/C20H21N5O5S/c1-3-22(4-2)9-10-23(20-21-17-7-5-6-8-18(17)31-20)19(26)14-11-15(24(27)28)13-16(12-14)25(29)30/h5-8,11-13H,3-4,9-10H2,1-2H3. The van der Waals surface area contributed by atoms with Crippen LogP contribution in [0.15, 0.2) is 42.5 Å². The topological polar surface area (TPSA) is 123 Å². The van der Waals surface area contributed by atoms with E-state index in [4.69, 9.17) is 0 Å². The molecule has 1 aromatic heterocycles. The maximum absolute atomic E-state index is 13.4. The molecular formula is C20H21N5O5S. The molecule has 1 heterocycles. The lowest BCUT2D eigenvalue weighted by Gasteiger charge is -2.24. The lowest BCUT2D eigenvalue weighted by molar-refractivity contribution is -0.394. The summed E-state index contributed by atoms with van der Waals surface area (Å²) in [5, 5.41) is 22.9. The van der Waals surface area contributed by atoms with E-state index in [0.717, 1.165) is 41.5 Å². The summed E-state index contributed by atoms with van der Waals surface area (Å²) in [5.74, 6) is -0.571. The fourth-order valence-corrected chi connectivity index (χ4v) is 4.12. The largest absolute Gasteiger partial charge is 0.302 e. The van der Waals surface area contributed by atoms with Gasteiger partial charge in [-0.25, -0.2) is 4.98 Å². The zero-order valence-corrected chi connectivity index (χ0v) is 17.9. The molecular weight excluding hydrogens is 422 g/mol. The van der Waals surface area contributed by atoms with E-state index >= 15 is 0 Å². The third-order valence-electron chi connectivity index (χ3n) is 4.86. The lowest BCUT2D eigenvalue weighted by Crippen LogP contribution is -2.38. The first-order valence-electron chi connectivity index (χ1n) is 9.67. The van der Waals surface area contributed by atoms with Crippen LogP contribution in [0.5, 0.6) is 0 Å². The van der Waals surface area contributed by atoms with E-state index in [2.05, 4.69) is 9.88 Å². The van der Waals surface area contributed by atoms with Crippen LogP contribution in [0.2, 0.25) is 0 Å². The van der Waals surface area contributed by atoms with E-state index in [-0.39, 0.29) is 12.1 Å². The Bertz CT molecular complexity index is 1060. The summed E-state index contributed by atoms with van der Waals surface area (Å²) in [4.78, 5) is 42.5. The molecule has 10 nitrogen and oxygen atoms in total. The highest BCUT2D eigenvalue weighted by atomic mass is 32.1. The summed E-state index contributed by atoms with van der Waals surface area (Å²) in [6, 6.07) is 10.4. The summed E-state index contributed by atoms with van der Waals surface area (Å²) in [6.07, 6.45) is 0. The highest BCUT2D eigenvalue weighted by Crippen LogP contribution is 2.31. The van der Waals surface area contributed by atoms with Gasteiger partial charge in [0.05, 0.1) is 31.7 Å². The number of aromatic nitrogens is 1. The number of anilines is 1. The monoisotopic (exact) mass is 443 g/mol. The van der Waals surface area contributed by atoms with Crippen molar-refractivity contribution in [2.24, 2.45) is 0 Å². The van der Waals surface area contributed by atoms with Crippen molar-refractivity contribution in [3.8, 4) is 0 Å². The third-order valence-corrected chi connectivity index (χ3v) is 5.92. The van der Waals surface area contributed by atoms with Crippen LogP contribution in [0, 0.1) is 20.2 Å². The van der Waals surface area contributed by atoms with Gasteiger partial charge in [0, 0.05) is 25.2 Å². The summed E-state index contributed by atoms with van der Waals surface area (Å²) in [5.41, 5.74) is -0.413. The highest BCUT2D eigenvalue weighted by Gasteiger charge is 2.26. The molecule has 0 fully saturated rings. The Morgan fingerprint density at radius 3 is 2.16 bits per heavy atom. The van der Waals surface area contributed by atoms with Gasteiger partial charge in [0.25, 0.3) is 17.3 Å². The fourth-order valence-electron chi connectivity index (χ4n) is 3.13. The smallest absolute Gasteiger partial charge is 0.277 e. The van der Waals surface area contributed by atoms with Crippen molar-refractivity contribution in [2.75, 3.05) is 31.1 Å². The molecule has 0 aliphatic carbocycles. The number of hydrogen-bond acceptors (Lipinski definition) is 8. The van der Waals surface area contributed by atoms with E-state index in [0.29, 0.717) is 11.7 Å². The first-order valence-corrected chi connectivity index (χ1v) is 10.5. The van der Waals surface area contributed by atoms with Gasteiger partial charge in [-0.15, -0.1) is 0 Å². The minimum atomic E-state index is -0.748. The molecule has 0 saturated heterocycles. The van der Waals surface area contributed by atoms with Crippen LogP contribution in [0.1, 0.15) is 24.2 Å². The third kappa shape index (κ3) is 5.01. The van der Waals surface area contributed by atoms with Gasteiger partial charge < -0.3 is 4.90 Å². The van der Waals surface area contributed by atoms with E-state index < -0.39 is 27.1 Å². The summed E-state index contributed by atoms with van der Waals surface area (Å²) >= 11 is 1.32. The number of fused-ring (bicyclic) bond motifs is 1. The van der Waals surface area contributed by atoms with Gasteiger partial charge >= 0.3 is 0 Å². The van der Waals surface area contributed by atoms with Crippen LogP contribution < -0.4 is 4.90 Å². The molecule has 162 valence electrons.